The number of halogens is 2. The van der Waals surface area contributed by atoms with Gasteiger partial charge in [-0.15, -0.1) is 0 Å². The van der Waals surface area contributed by atoms with Crippen LogP contribution in [0.4, 0.5) is 3.89 Å². The van der Waals surface area contributed by atoms with Crippen molar-refractivity contribution in [1.82, 2.24) is 10.2 Å². The summed E-state index contributed by atoms with van der Waals surface area (Å²) in [5.41, 5.74) is 0.399. The number of fused-ring (bicyclic) bond motifs is 1. The summed E-state index contributed by atoms with van der Waals surface area (Å²) in [7, 11) is -4.73. The largest absolute Gasteiger partial charge is 0.349 e. The van der Waals surface area contributed by atoms with Crippen LogP contribution in [0.25, 0.3) is 10.9 Å². The van der Waals surface area contributed by atoms with Crippen LogP contribution < -0.4 is 0 Å². The van der Waals surface area contributed by atoms with Crippen molar-refractivity contribution < 1.29 is 12.3 Å². The number of aromatic nitrogens is 2. The quantitative estimate of drug-likeness (QED) is 0.812. The first-order valence-electron chi connectivity index (χ1n) is 3.57. The highest BCUT2D eigenvalue weighted by Crippen LogP contribution is 2.24. The zero-order chi connectivity index (χ0) is 10.3. The molecule has 2 rings (SSSR count). The number of nitrogens with zero attached hydrogens (tertiary/aromatic N) is 1. The second-order valence-corrected chi connectivity index (χ2v) is 4.85. The molecule has 2 aromatic rings. The van der Waals surface area contributed by atoms with Crippen molar-refractivity contribution in [2.24, 2.45) is 0 Å². The number of aromatic amines is 1. The van der Waals surface area contributed by atoms with Crippen molar-refractivity contribution in [3.8, 4) is 0 Å². The van der Waals surface area contributed by atoms with Gasteiger partial charge in [-0.05, 0) is 18.2 Å². The second kappa shape index (κ2) is 3.03. The van der Waals surface area contributed by atoms with Crippen molar-refractivity contribution >= 4 is 37.1 Å². The summed E-state index contributed by atoms with van der Waals surface area (Å²) in [6.07, 6.45) is 0. The first-order valence-corrected chi connectivity index (χ1v) is 5.74. The lowest BCUT2D eigenvalue weighted by molar-refractivity contribution is 0.548. The van der Waals surface area contributed by atoms with Gasteiger partial charge in [0.15, 0.2) is 5.03 Å². The van der Waals surface area contributed by atoms with Crippen LogP contribution in [0.5, 0.6) is 0 Å². The minimum absolute atomic E-state index is 0.246. The maximum atomic E-state index is 12.7. The molecule has 4 nitrogen and oxygen atoms in total. The molecule has 1 aromatic heterocycles. The molecule has 0 unspecified atom stereocenters. The minimum Gasteiger partial charge on any atom is -0.264 e. The average Bonchev–Trinajstić information content (AvgIpc) is 2.45. The van der Waals surface area contributed by atoms with Crippen molar-refractivity contribution in [3.63, 3.8) is 0 Å². The molecule has 7 heteroatoms. The summed E-state index contributed by atoms with van der Waals surface area (Å²) < 4.78 is 34.7. The normalized spacial score (nSPS) is 12.1. The lowest BCUT2D eigenvalue weighted by Gasteiger charge is -1.91. The van der Waals surface area contributed by atoms with Crippen molar-refractivity contribution in [1.29, 1.82) is 0 Å². The molecule has 14 heavy (non-hydrogen) atoms. The Labute approximate surface area is 87.5 Å². The molecule has 0 amide bonds. The van der Waals surface area contributed by atoms with E-state index in [-0.39, 0.29) is 5.39 Å². The van der Waals surface area contributed by atoms with Crippen molar-refractivity contribution in [2.75, 3.05) is 0 Å². The van der Waals surface area contributed by atoms with Gasteiger partial charge in [0, 0.05) is 9.86 Å². The Morgan fingerprint density at radius 1 is 1.43 bits per heavy atom. The van der Waals surface area contributed by atoms with E-state index in [4.69, 9.17) is 0 Å². The Morgan fingerprint density at radius 2 is 2.14 bits per heavy atom. The van der Waals surface area contributed by atoms with Crippen LogP contribution in [-0.2, 0) is 10.2 Å². The Hall–Kier alpha value is -0.950. The third kappa shape index (κ3) is 1.53. The predicted molar refractivity (Wildman–Crippen MR) is 52.1 cm³/mol. The molecular weight excluding hydrogens is 275 g/mol. The zero-order valence-electron chi connectivity index (χ0n) is 6.66. The van der Waals surface area contributed by atoms with Gasteiger partial charge in [0.2, 0.25) is 0 Å². The van der Waals surface area contributed by atoms with Crippen LogP contribution in [0, 0.1) is 0 Å². The van der Waals surface area contributed by atoms with Crippen molar-refractivity contribution in [2.45, 2.75) is 5.03 Å². The molecule has 0 saturated heterocycles. The third-order valence-corrected chi connectivity index (χ3v) is 3.02. The fourth-order valence-corrected chi connectivity index (χ4v) is 2.09. The van der Waals surface area contributed by atoms with Crippen molar-refractivity contribution in [3.05, 3.63) is 22.7 Å². The van der Waals surface area contributed by atoms with Crippen LogP contribution in [0.3, 0.4) is 0 Å². The molecular formula is C7H4BrFN2O2S. The van der Waals surface area contributed by atoms with E-state index in [1.807, 2.05) is 0 Å². The number of hydrogen-bond acceptors (Lipinski definition) is 3. The number of hydrogen-bond donors (Lipinski definition) is 1. The van der Waals surface area contributed by atoms with Gasteiger partial charge in [0.25, 0.3) is 0 Å². The molecule has 1 N–H and O–H groups in total. The van der Waals surface area contributed by atoms with E-state index in [9.17, 15) is 12.3 Å². The van der Waals surface area contributed by atoms with Crippen LogP contribution in [-0.4, -0.2) is 18.6 Å². The van der Waals surface area contributed by atoms with Gasteiger partial charge in [-0.3, -0.25) is 5.10 Å². The number of benzene rings is 1. The molecule has 0 spiro atoms. The molecule has 0 atom stereocenters. The van der Waals surface area contributed by atoms with Crippen LogP contribution in [0.1, 0.15) is 0 Å². The smallest absolute Gasteiger partial charge is 0.264 e. The van der Waals surface area contributed by atoms with E-state index in [2.05, 4.69) is 26.1 Å². The van der Waals surface area contributed by atoms with Gasteiger partial charge in [0.1, 0.15) is 0 Å². The summed E-state index contributed by atoms with van der Waals surface area (Å²) in [6, 6.07) is 4.70. The lowest BCUT2D eigenvalue weighted by atomic mass is 10.3. The molecule has 0 saturated carbocycles. The van der Waals surface area contributed by atoms with E-state index in [1.54, 1.807) is 12.1 Å². The Kier molecular flexibility index (Phi) is 2.07. The first kappa shape index (κ1) is 9.60. The molecule has 0 radical (unpaired) electrons. The Morgan fingerprint density at radius 3 is 2.79 bits per heavy atom. The molecule has 0 aliphatic carbocycles. The summed E-state index contributed by atoms with van der Waals surface area (Å²) in [6.45, 7) is 0. The SMILES string of the molecule is O=S(=O)(F)c1[nH]nc2cc(Br)ccc12. The Bertz CT molecular complexity index is 593. The summed E-state index contributed by atoms with van der Waals surface area (Å²) in [4.78, 5) is 0. The molecule has 1 aromatic carbocycles. The predicted octanol–water partition coefficient (Wildman–Crippen LogP) is 1.98. The molecule has 0 aliphatic heterocycles. The fraction of sp³-hybridized carbons (Fsp3) is 0. The number of H-pyrrole nitrogens is 1. The Balaban J connectivity index is 2.83. The van der Waals surface area contributed by atoms with E-state index >= 15 is 0 Å². The van der Waals surface area contributed by atoms with E-state index in [1.165, 1.54) is 6.07 Å². The molecule has 0 fully saturated rings. The monoisotopic (exact) mass is 278 g/mol. The number of rotatable bonds is 1. The van der Waals surface area contributed by atoms with Gasteiger partial charge >= 0.3 is 10.2 Å². The molecule has 1 heterocycles. The van der Waals surface area contributed by atoms with Crippen LogP contribution in [0.15, 0.2) is 27.7 Å². The summed E-state index contributed by atoms with van der Waals surface area (Å²) >= 11 is 3.20. The standard InChI is InChI=1S/C7H4BrFN2O2S/c8-4-1-2-5-6(3-4)10-11-7(5)14(9,12)13/h1-3H,(H,10,11). The fourth-order valence-electron chi connectivity index (χ4n) is 1.15. The molecule has 0 aliphatic rings. The van der Waals surface area contributed by atoms with Gasteiger partial charge < -0.3 is 0 Å². The molecule has 0 bridgehead atoms. The lowest BCUT2D eigenvalue weighted by Crippen LogP contribution is -1.92. The van der Waals surface area contributed by atoms with E-state index < -0.39 is 15.2 Å². The van der Waals surface area contributed by atoms with Gasteiger partial charge in [-0.2, -0.15) is 13.5 Å². The minimum atomic E-state index is -4.73. The second-order valence-electron chi connectivity index (χ2n) is 2.65. The number of nitrogens with one attached hydrogen (secondary N) is 1. The summed E-state index contributed by atoms with van der Waals surface area (Å²) in [5, 5.41) is 5.56. The van der Waals surface area contributed by atoms with E-state index in [0.29, 0.717) is 5.52 Å². The van der Waals surface area contributed by atoms with Crippen LogP contribution in [0.2, 0.25) is 0 Å². The summed E-state index contributed by atoms with van der Waals surface area (Å²) in [5.74, 6) is 0. The first-order chi connectivity index (χ1) is 6.48. The van der Waals surface area contributed by atoms with Gasteiger partial charge in [-0.25, -0.2) is 0 Å². The highest BCUT2D eigenvalue weighted by Gasteiger charge is 2.18. The van der Waals surface area contributed by atoms with E-state index in [0.717, 1.165) is 4.47 Å². The maximum Gasteiger partial charge on any atom is 0.349 e. The third-order valence-electron chi connectivity index (χ3n) is 1.73. The zero-order valence-corrected chi connectivity index (χ0v) is 9.06. The topological polar surface area (TPSA) is 62.8 Å². The molecule has 74 valence electrons. The van der Waals surface area contributed by atoms with Gasteiger partial charge in [-0.1, -0.05) is 19.8 Å². The van der Waals surface area contributed by atoms with Gasteiger partial charge in [0.05, 0.1) is 5.52 Å². The van der Waals surface area contributed by atoms with Crippen LogP contribution >= 0.6 is 15.9 Å². The highest BCUT2D eigenvalue weighted by molar-refractivity contribution is 9.10. The average molecular weight is 279 g/mol. The highest BCUT2D eigenvalue weighted by atomic mass is 79.9. The maximum absolute atomic E-state index is 12.7.